The first kappa shape index (κ1) is 13.8. The number of hydrogen-bond donors (Lipinski definition) is 1. The van der Waals surface area contributed by atoms with E-state index in [-0.39, 0.29) is 6.10 Å². The van der Waals surface area contributed by atoms with Gasteiger partial charge in [0.15, 0.2) is 0 Å². The zero-order valence-corrected chi connectivity index (χ0v) is 13.3. The highest BCUT2D eigenvalue weighted by Gasteiger charge is 2.41. The third-order valence-electron chi connectivity index (χ3n) is 5.09. The predicted octanol–water partition coefficient (Wildman–Crippen LogP) is 5.02. The molecule has 0 radical (unpaired) electrons. The number of fused-ring (bicyclic) bond motifs is 3. The molecule has 2 heteroatoms. The molecule has 4 rings (SSSR count). The van der Waals surface area contributed by atoms with Crippen molar-refractivity contribution in [3.8, 4) is 0 Å². The number of ether oxygens (including phenoxy) is 1. The van der Waals surface area contributed by atoms with Crippen LogP contribution in [0.25, 0.3) is 0 Å². The Hall–Kier alpha value is -1.80. The van der Waals surface area contributed by atoms with E-state index in [9.17, 15) is 0 Å². The van der Waals surface area contributed by atoms with Gasteiger partial charge < -0.3 is 10.1 Å². The van der Waals surface area contributed by atoms with E-state index in [1.807, 2.05) is 0 Å². The van der Waals surface area contributed by atoms with Crippen LogP contribution in [-0.2, 0) is 4.74 Å². The summed E-state index contributed by atoms with van der Waals surface area (Å²) < 4.78 is 6.38. The predicted molar refractivity (Wildman–Crippen MR) is 90.0 cm³/mol. The Morgan fingerprint density at radius 1 is 1.05 bits per heavy atom. The van der Waals surface area contributed by atoms with Gasteiger partial charge in [-0.2, -0.15) is 0 Å². The zero-order valence-electron chi connectivity index (χ0n) is 13.3. The number of benzene rings is 2. The minimum Gasteiger partial charge on any atom is -0.378 e. The number of anilines is 1. The van der Waals surface area contributed by atoms with Gasteiger partial charge in [-0.05, 0) is 38.3 Å². The average Bonchev–Trinajstić information content (AvgIpc) is 2.55. The van der Waals surface area contributed by atoms with E-state index in [4.69, 9.17) is 4.74 Å². The average molecular weight is 293 g/mol. The maximum absolute atomic E-state index is 6.38. The van der Waals surface area contributed by atoms with Gasteiger partial charge in [0.1, 0.15) is 0 Å². The lowest BCUT2D eigenvalue weighted by Crippen LogP contribution is -2.38. The molecule has 0 unspecified atom stereocenters. The van der Waals surface area contributed by atoms with Crippen molar-refractivity contribution in [1.29, 1.82) is 0 Å². The molecule has 2 aliphatic rings. The highest BCUT2D eigenvalue weighted by atomic mass is 16.5. The quantitative estimate of drug-likeness (QED) is 0.797. The largest absolute Gasteiger partial charge is 0.378 e. The molecule has 0 amide bonds. The van der Waals surface area contributed by atoms with E-state index in [1.165, 1.54) is 28.8 Å². The topological polar surface area (TPSA) is 21.3 Å². The van der Waals surface area contributed by atoms with Gasteiger partial charge in [0.05, 0.1) is 18.2 Å². The number of aryl methyl sites for hydroxylation is 1. The Morgan fingerprint density at radius 3 is 2.68 bits per heavy atom. The summed E-state index contributed by atoms with van der Waals surface area (Å²) in [7, 11) is 0. The fourth-order valence-electron chi connectivity index (χ4n) is 3.96. The van der Waals surface area contributed by atoms with Crippen LogP contribution in [0.5, 0.6) is 0 Å². The molecule has 1 N–H and O–H groups in total. The molecule has 4 atom stereocenters. The van der Waals surface area contributed by atoms with Crippen molar-refractivity contribution in [2.24, 2.45) is 5.92 Å². The molecule has 1 fully saturated rings. The van der Waals surface area contributed by atoms with E-state index in [0.717, 1.165) is 6.42 Å². The van der Waals surface area contributed by atoms with Crippen LogP contribution in [0, 0.1) is 12.8 Å². The molecule has 0 aliphatic carbocycles. The number of rotatable bonds is 1. The molecule has 1 saturated heterocycles. The summed E-state index contributed by atoms with van der Waals surface area (Å²) >= 11 is 0. The summed E-state index contributed by atoms with van der Waals surface area (Å²) in [5.41, 5.74) is 5.24. The minimum absolute atomic E-state index is 0.213. The van der Waals surface area contributed by atoms with Crippen LogP contribution in [-0.4, -0.2) is 6.10 Å². The van der Waals surface area contributed by atoms with Crippen LogP contribution in [0.2, 0.25) is 0 Å². The maximum Gasteiger partial charge on any atom is 0.0899 e. The van der Waals surface area contributed by atoms with E-state index >= 15 is 0 Å². The van der Waals surface area contributed by atoms with Crippen LogP contribution in [0.1, 0.15) is 48.6 Å². The second-order valence-corrected chi connectivity index (χ2v) is 6.73. The first-order chi connectivity index (χ1) is 10.7. The molecule has 0 bridgehead atoms. The lowest BCUT2D eigenvalue weighted by molar-refractivity contribution is -0.0849. The summed E-state index contributed by atoms with van der Waals surface area (Å²) in [4.78, 5) is 0. The second kappa shape index (κ2) is 5.44. The molecule has 22 heavy (non-hydrogen) atoms. The fourth-order valence-corrected chi connectivity index (χ4v) is 3.96. The lowest BCUT2D eigenvalue weighted by atomic mass is 9.76. The monoisotopic (exact) mass is 293 g/mol. The molecule has 2 aromatic rings. The Balaban J connectivity index is 1.79. The molecule has 2 heterocycles. The first-order valence-corrected chi connectivity index (χ1v) is 8.30. The van der Waals surface area contributed by atoms with Gasteiger partial charge >= 0.3 is 0 Å². The van der Waals surface area contributed by atoms with Crippen LogP contribution < -0.4 is 5.32 Å². The van der Waals surface area contributed by atoms with Gasteiger partial charge in [0, 0.05) is 17.2 Å². The Kier molecular flexibility index (Phi) is 3.42. The van der Waals surface area contributed by atoms with Gasteiger partial charge in [-0.1, -0.05) is 48.0 Å². The second-order valence-electron chi connectivity index (χ2n) is 6.73. The smallest absolute Gasteiger partial charge is 0.0899 e. The summed E-state index contributed by atoms with van der Waals surface area (Å²) in [6.07, 6.45) is 2.92. The lowest BCUT2D eigenvalue weighted by Gasteiger charge is -2.45. The van der Waals surface area contributed by atoms with Crippen LogP contribution >= 0.6 is 0 Å². The van der Waals surface area contributed by atoms with E-state index in [2.05, 4.69) is 67.7 Å². The van der Waals surface area contributed by atoms with Crippen molar-refractivity contribution in [1.82, 2.24) is 0 Å². The first-order valence-electron chi connectivity index (χ1n) is 8.30. The highest BCUT2D eigenvalue weighted by Crippen LogP contribution is 2.50. The highest BCUT2D eigenvalue weighted by molar-refractivity contribution is 5.58. The van der Waals surface area contributed by atoms with Crippen LogP contribution in [0.15, 0.2) is 48.5 Å². The molecule has 0 aromatic heterocycles. The van der Waals surface area contributed by atoms with Crippen molar-refractivity contribution in [2.45, 2.75) is 44.9 Å². The third-order valence-corrected chi connectivity index (χ3v) is 5.09. The SMILES string of the molecule is Cc1ccc2c(c1)[C@H]1O[C@@H](C)CC[C@H]1[C@H](c1ccccc1)N2. The Labute approximate surface area is 132 Å². The molecule has 2 nitrogen and oxygen atoms in total. The summed E-state index contributed by atoms with van der Waals surface area (Å²) in [6, 6.07) is 17.8. The van der Waals surface area contributed by atoms with E-state index in [0.29, 0.717) is 18.1 Å². The van der Waals surface area contributed by atoms with Crippen molar-refractivity contribution in [3.05, 3.63) is 65.2 Å². The summed E-state index contributed by atoms with van der Waals surface area (Å²) in [5, 5.41) is 3.77. The van der Waals surface area contributed by atoms with Gasteiger partial charge in [-0.25, -0.2) is 0 Å². The standard InChI is InChI=1S/C20H23NO/c1-13-8-11-18-17(12-13)20-16(10-9-14(2)22-20)19(21-18)15-6-4-3-5-7-15/h3-8,11-12,14,16,19-21H,9-10H2,1-2H3/t14-,16-,19-,20-/m0/s1. The third kappa shape index (κ3) is 2.32. The normalized spacial score (nSPS) is 30.1. The van der Waals surface area contributed by atoms with Gasteiger partial charge in [-0.15, -0.1) is 0 Å². The molecular formula is C20H23NO. The van der Waals surface area contributed by atoms with E-state index < -0.39 is 0 Å². The fraction of sp³-hybridized carbons (Fsp3) is 0.400. The molecule has 2 aliphatic heterocycles. The molecular weight excluding hydrogens is 270 g/mol. The van der Waals surface area contributed by atoms with Crippen molar-refractivity contribution < 1.29 is 4.74 Å². The minimum atomic E-state index is 0.213. The molecule has 2 aromatic carbocycles. The van der Waals surface area contributed by atoms with Gasteiger partial charge in [0.25, 0.3) is 0 Å². The van der Waals surface area contributed by atoms with Crippen molar-refractivity contribution in [3.63, 3.8) is 0 Å². The van der Waals surface area contributed by atoms with Crippen molar-refractivity contribution >= 4 is 5.69 Å². The number of nitrogens with one attached hydrogen (secondary N) is 1. The molecule has 114 valence electrons. The molecule has 0 spiro atoms. The Morgan fingerprint density at radius 2 is 1.86 bits per heavy atom. The maximum atomic E-state index is 6.38. The summed E-state index contributed by atoms with van der Waals surface area (Å²) in [6.45, 7) is 4.36. The van der Waals surface area contributed by atoms with Crippen molar-refractivity contribution in [2.75, 3.05) is 5.32 Å². The summed E-state index contributed by atoms with van der Waals surface area (Å²) in [5.74, 6) is 0.507. The number of hydrogen-bond acceptors (Lipinski definition) is 2. The van der Waals surface area contributed by atoms with Crippen LogP contribution in [0.4, 0.5) is 5.69 Å². The zero-order chi connectivity index (χ0) is 15.1. The molecule has 0 saturated carbocycles. The van der Waals surface area contributed by atoms with E-state index in [1.54, 1.807) is 0 Å². The van der Waals surface area contributed by atoms with Gasteiger partial charge in [-0.3, -0.25) is 0 Å². The van der Waals surface area contributed by atoms with Crippen LogP contribution in [0.3, 0.4) is 0 Å². The Bertz CT molecular complexity index is 667. The van der Waals surface area contributed by atoms with Gasteiger partial charge in [0.2, 0.25) is 0 Å².